The highest BCUT2D eigenvalue weighted by Crippen LogP contribution is 2.31. The SMILES string of the molecule is O=C(c1ccc(-n2cccn2)cc1)N1CCN(S(=O)(=O)c2cccc(C(F)(F)F)c2)CC1. The van der Waals surface area contributed by atoms with Crippen LogP contribution in [0.3, 0.4) is 0 Å². The fraction of sp³-hybridized carbons (Fsp3) is 0.238. The first kappa shape index (κ1) is 22.0. The van der Waals surface area contributed by atoms with Crippen molar-refractivity contribution in [2.24, 2.45) is 0 Å². The number of amides is 1. The number of sulfonamides is 1. The summed E-state index contributed by atoms with van der Waals surface area (Å²) in [7, 11) is -4.10. The molecular weight excluding hydrogens is 445 g/mol. The highest BCUT2D eigenvalue weighted by atomic mass is 32.2. The van der Waals surface area contributed by atoms with Crippen molar-refractivity contribution in [1.29, 1.82) is 0 Å². The van der Waals surface area contributed by atoms with Gasteiger partial charge in [0.2, 0.25) is 10.0 Å². The van der Waals surface area contributed by atoms with Crippen molar-refractivity contribution in [2.75, 3.05) is 26.2 Å². The van der Waals surface area contributed by atoms with E-state index < -0.39 is 26.7 Å². The molecule has 4 rings (SSSR count). The molecule has 0 saturated carbocycles. The van der Waals surface area contributed by atoms with Crippen molar-refractivity contribution in [3.63, 3.8) is 0 Å². The molecule has 0 unspecified atom stereocenters. The maximum absolute atomic E-state index is 12.9. The average Bonchev–Trinajstić information content (AvgIpc) is 3.33. The molecular formula is C21H19F3N4O3S. The Kier molecular flexibility index (Phi) is 5.78. The Balaban J connectivity index is 1.43. The number of alkyl halides is 3. The second-order valence-electron chi connectivity index (χ2n) is 7.22. The molecule has 0 atom stereocenters. The summed E-state index contributed by atoms with van der Waals surface area (Å²) >= 11 is 0. The van der Waals surface area contributed by atoms with Gasteiger partial charge in [-0.2, -0.15) is 22.6 Å². The van der Waals surface area contributed by atoms with Crippen LogP contribution in [0.4, 0.5) is 13.2 Å². The highest BCUT2D eigenvalue weighted by Gasteiger charge is 2.34. The van der Waals surface area contributed by atoms with E-state index >= 15 is 0 Å². The Bertz CT molecular complexity index is 1200. The molecule has 1 aromatic heterocycles. The molecule has 11 heteroatoms. The lowest BCUT2D eigenvalue weighted by Crippen LogP contribution is -2.50. The Morgan fingerprint density at radius 1 is 0.938 bits per heavy atom. The molecule has 0 N–H and O–H groups in total. The summed E-state index contributed by atoms with van der Waals surface area (Å²) in [6, 6.07) is 12.3. The van der Waals surface area contributed by atoms with Crippen LogP contribution in [0.15, 0.2) is 71.9 Å². The predicted molar refractivity (Wildman–Crippen MR) is 110 cm³/mol. The maximum atomic E-state index is 12.9. The van der Waals surface area contributed by atoms with Gasteiger partial charge in [-0.1, -0.05) is 6.07 Å². The number of piperazine rings is 1. The topological polar surface area (TPSA) is 75.5 Å². The summed E-state index contributed by atoms with van der Waals surface area (Å²) in [4.78, 5) is 13.9. The van der Waals surface area contributed by atoms with Gasteiger partial charge in [0.05, 0.1) is 16.1 Å². The van der Waals surface area contributed by atoms with Crippen LogP contribution in [-0.2, 0) is 16.2 Å². The molecule has 0 bridgehead atoms. The first-order valence-corrected chi connectivity index (χ1v) is 11.2. The first-order valence-electron chi connectivity index (χ1n) is 9.73. The minimum atomic E-state index is -4.64. The van der Waals surface area contributed by atoms with Gasteiger partial charge in [0.1, 0.15) is 0 Å². The molecule has 3 aromatic rings. The highest BCUT2D eigenvalue weighted by molar-refractivity contribution is 7.89. The molecule has 1 fully saturated rings. The molecule has 32 heavy (non-hydrogen) atoms. The third-order valence-corrected chi connectivity index (χ3v) is 7.10. The van der Waals surface area contributed by atoms with Gasteiger partial charge < -0.3 is 4.90 Å². The number of carbonyl (C=O) groups excluding carboxylic acids is 1. The number of aromatic nitrogens is 2. The van der Waals surface area contributed by atoms with E-state index in [1.807, 2.05) is 0 Å². The molecule has 1 aliphatic heterocycles. The van der Waals surface area contributed by atoms with Gasteiger partial charge in [-0.15, -0.1) is 0 Å². The molecule has 7 nitrogen and oxygen atoms in total. The van der Waals surface area contributed by atoms with Crippen LogP contribution in [-0.4, -0.2) is 59.5 Å². The molecule has 1 amide bonds. The van der Waals surface area contributed by atoms with Crippen molar-refractivity contribution >= 4 is 15.9 Å². The number of carbonyl (C=O) groups is 1. The monoisotopic (exact) mass is 464 g/mol. The Morgan fingerprint density at radius 2 is 1.62 bits per heavy atom. The van der Waals surface area contributed by atoms with E-state index in [4.69, 9.17) is 0 Å². The first-order chi connectivity index (χ1) is 15.2. The van der Waals surface area contributed by atoms with Crippen molar-refractivity contribution in [1.82, 2.24) is 19.0 Å². The summed E-state index contributed by atoms with van der Waals surface area (Å²) in [5.74, 6) is -0.242. The Hall–Kier alpha value is -3.18. The van der Waals surface area contributed by atoms with Gasteiger partial charge in [0, 0.05) is 44.1 Å². The number of rotatable bonds is 4. The second kappa shape index (κ2) is 8.40. The smallest absolute Gasteiger partial charge is 0.336 e. The van der Waals surface area contributed by atoms with E-state index in [0.29, 0.717) is 11.6 Å². The van der Waals surface area contributed by atoms with Crippen molar-refractivity contribution in [3.8, 4) is 5.69 Å². The fourth-order valence-electron chi connectivity index (χ4n) is 3.47. The van der Waals surface area contributed by atoms with Crippen molar-refractivity contribution in [3.05, 3.63) is 78.1 Å². The van der Waals surface area contributed by atoms with Crippen LogP contribution >= 0.6 is 0 Å². The summed E-state index contributed by atoms with van der Waals surface area (Å²) in [5.41, 5.74) is 0.226. The van der Waals surface area contributed by atoms with E-state index in [1.54, 1.807) is 47.4 Å². The van der Waals surface area contributed by atoms with E-state index in [1.165, 1.54) is 4.90 Å². The van der Waals surface area contributed by atoms with Crippen LogP contribution in [0.25, 0.3) is 5.69 Å². The molecule has 1 aliphatic rings. The lowest BCUT2D eigenvalue weighted by atomic mass is 10.1. The van der Waals surface area contributed by atoms with Gasteiger partial charge >= 0.3 is 6.18 Å². The Morgan fingerprint density at radius 3 is 2.22 bits per heavy atom. The summed E-state index contributed by atoms with van der Waals surface area (Å²) in [6.07, 6.45) is -1.21. The van der Waals surface area contributed by atoms with Gasteiger partial charge in [-0.05, 0) is 48.5 Å². The van der Waals surface area contributed by atoms with Gasteiger partial charge in [0.25, 0.3) is 5.91 Å². The lowest BCUT2D eigenvalue weighted by Gasteiger charge is -2.34. The molecule has 2 heterocycles. The normalized spacial score (nSPS) is 15.7. The van der Waals surface area contributed by atoms with E-state index in [9.17, 15) is 26.4 Å². The van der Waals surface area contributed by atoms with Crippen LogP contribution in [0.5, 0.6) is 0 Å². The standard InChI is InChI=1S/C21H19F3N4O3S/c22-21(23,24)17-3-1-4-19(15-17)32(30,31)27-13-11-26(12-14-27)20(29)16-5-7-18(8-6-16)28-10-2-9-25-28/h1-10,15H,11-14H2. The van der Waals surface area contributed by atoms with Gasteiger partial charge in [0.15, 0.2) is 0 Å². The van der Waals surface area contributed by atoms with Crippen molar-refractivity contribution in [2.45, 2.75) is 11.1 Å². The minimum Gasteiger partial charge on any atom is -0.336 e. The molecule has 0 radical (unpaired) electrons. The number of hydrogen-bond acceptors (Lipinski definition) is 4. The quantitative estimate of drug-likeness (QED) is 0.595. The molecule has 0 aliphatic carbocycles. The Labute approximate surface area is 182 Å². The minimum absolute atomic E-state index is 0.00428. The van der Waals surface area contributed by atoms with Crippen LogP contribution in [0.1, 0.15) is 15.9 Å². The average molecular weight is 464 g/mol. The summed E-state index contributed by atoms with van der Waals surface area (Å²) < 4.78 is 67.2. The molecule has 1 saturated heterocycles. The van der Waals surface area contributed by atoms with Crippen LogP contribution in [0.2, 0.25) is 0 Å². The van der Waals surface area contributed by atoms with Crippen LogP contribution < -0.4 is 0 Å². The van der Waals surface area contributed by atoms with Crippen LogP contribution in [0, 0.1) is 0 Å². The summed E-state index contributed by atoms with van der Waals surface area (Å²) in [6.45, 7) is 0.265. The molecule has 2 aromatic carbocycles. The second-order valence-corrected chi connectivity index (χ2v) is 9.16. The zero-order valence-corrected chi connectivity index (χ0v) is 17.6. The fourth-order valence-corrected chi connectivity index (χ4v) is 4.94. The molecule has 0 spiro atoms. The summed E-state index contributed by atoms with van der Waals surface area (Å²) in [5, 5.41) is 4.12. The number of halogens is 3. The number of nitrogens with zero attached hydrogens (tertiary/aromatic N) is 4. The van der Waals surface area contributed by atoms with E-state index in [-0.39, 0.29) is 32.1 Å². The third-order valence-electron chi connectivity index (χ3n) is 5.21. The van der Waals surface area contributed by atoms with Crippen molar-refractivity contribution < 1.29 is 26.4 Å². The predicted octanol–water partition coefficient (Wildman–Crippen LogP) is 3.04. The largest absolute Gasteiger partial charge is 0.416 e. The zero-order chi connectivity index (χ0) is 22.9. The van der Waals surface area contributed by atoms with Gasteiger partial charge in [-0.3, -0.25) is 4.79 Å². The maximum Gasteiger partial charge on any atom is 0.416 e. The van der Waals surface area contributed by atoms with E-state index in [0.717, 1.165) is 28.2 Å². The molecule has 168 valence electrons. The van der Waals surface area contributed by atoms with E-state index in [2.05, 4.69) is 5.10 Å². The third kappa shape index (κ3) is 4.39. The van der Waals surface area contributed by atoms with Gasteiger partial charge in [-0.25, -0.2) is 13.1 Å². The zero-order valence-electron chi connectivity index (χ0n) is 16.7. The number of hydrogen-bond donors (Lipinski definition) is 0. The number of benzene rings is 2. The lowest BCUT2D eigenvalue weighted by molar-refractivity contribution is -0.137.